The van der Waals surface area contributed by atoms with Crippen LogP contribution in [0.4, 0.5) is 4.79 Å². The van der Waals surface area contributed by atoms with Crippen molar-refractivity contribution in [1.82, 2.24) is 4.90 Å². The van der Waals surface area contributed by atoms with Crippen molar-refractivity contribution in [2.45, 2.75) is 46.0 Å². The van der Waals surface area contributed by atoms with Gasteiger partial charge in [0.05, 0.1) is 72.7 Å². The molecule has 0 heterocycles. The molecule has 0 unspecified atom stereocenters. The Bertz CT molecular complexity index is 440. The predicted molar refractivity (Wildman–Crippen MR) is 122 cm³/mol. The summed E-state index contributed by atoms with van der Waals surface area (Å²) >= 11 is 0. The topological polar surface area (TPSA) is 84.9 Å². The first kappa shape index (κ1) is 30.2. The minimum absolute atomic E-state index is 0.354. The number of rotatable bonds is 19. The van der Waals surface area contributed by atoms with E-state index in [9.17, 15) is 4.79 Å². The van der Waals surface area contributed by atoms with Crippen molar-refractivity contribution in [3.63, 3.8) is 0 Å². The first-order chi connectivity index (χ1) is 14.5. The van der Waals surface area contributed by atoms with Gasteiger partial charge in [0.25, 0.3) is 0 Å². The molecule has 0 aliphatic heterocycles. The third-order valence-corrected chi connectivity index (χ3v) is 4.60. The van der Waals surface area contributed by atoms with E-state index in [-0.39, 0.29) is 6.09 Å². The fraction of sp³-hybridized carbons (Fsp3) is 0.952. The Labute approximate surface area is 189 Å². The minimum atomic E-state index is -1.44. The van der Waals surface area contributed by atoms with Gasteiger partial charge in [-0.3, -0.25) is 0 Å². The number of ether oxygens (including phenoxy) is 6. The molecule has 186 valence electrons. The van der Waals surface area contributed by atoms with Crippen molar-refractivity contribution in [2.24, 2.45) is 0 Å². The lowest BCUT2D eigenvalue weighted by Crippen LogP contribution is -2.36. The van der Waals surface area contributed by atoms with Crippen LogP contribution < -0.4 is 0 Å². The van der Waals surface area contributed by atoms with Gasteiger partial charge < -0.3 is 37.7 Å². The van der Waals surface area contributed by atoms with Crippen LogP contribution in [-0.2, 0) is 32.8 Å². The Hall–Kier alpha value is -0.753. The van der Waals surface area contributed by atoms with E-state index >= 15 is 0 Å². The lowest BCUT2D eigenvalue weighted by atomic mass is 10.2. The van der Waals surface area contributed by atoms with Gasteiger partial charge in [0.1, 0.15) is 5.60 Å². The highest BCUT2D eigenvalue weighted by Gasteiger charge is 2.19. The summed E-state index contributed by atoms with van der Waals surface area (Å²) in [6.45, 7) is 18.3. The van der Waals surface area contributed by atoms with Crippen LogP contribution in [0.25, 0.3) is 0 Å². The van der Waals surface area contributed by atoms with Crippen molar-refractivity contribution in [3.05, 3.63) is 0 Å². The van der Waals surface area contributed by atoms with Crippen LogP contribution in [0.2, 0.25) is 19.6 Å². The van der Waals surface area contributed by atoms with Gasteiger partial charge in [-0.2, -0.15) is 0 Å². The predicted octanol–water partition coefficient (Wildman–Crippen LogP) is 2.79. The monoisotopic (exact) mass is 467 g/mol. The Morgan fingerprint density at radius 3 is 1.39 bits per heavy atom. The zero-order chi connectivity index (χ0) is 23.6. The van der Waals surface area contributed by atoms with E-state index in [1.165, 1.54) is 4.90 Å². The minimum Gasteiger partial charge on any atom is -0.444 e. The second-order valence-corrected chi connectivity index (χ2v) is 13.4. The molecule has 0 fully saturated rings. The summed E-state index contributed by atoms with van der Waals surface area (Å²) in [7, 11) is 0.244. The van der Waals surface area contributed by atoms with E-state index < -0.39 is 13.9 Å². The van der Waals surface area contributed by atoms with E-state index in [1.54, 1.807) is 7.05 Å². The van der Waals surface area contributed by atoms with Crippen LogP contribution in [0.5, 0.6) is 0 Å². The third kappa shape index (κ3) is 23.7. The molecule has 0 bridgehead atoms. The largest absolute Gasteiger partial charge is 0.444 e. The molecular weight excluding hydrogens is 422 g/mol. The maximum Gasteiger partial charge on any atom is 0.410 e. The van der Waals surface area contributed by atoms with Crippen LogP contribution in [0, 0.1) is 0 Å². The summed E-state index contributed by atoms with van der Waals surface area (Å²) in [5.74, 6) is 0. The van der Waals surface area contributed by atoms with Gasteiger partial charge in [0.2, 0.25) is 0 Å². The van der Waals surface area contributed by atoms with Crippen molar-refractivity contribution in [1.29, 1.82) is 0 Å². The van der Waals surface area contributed by atoms with Gasteiger partial charge in [-0.1, -0.05) is 0 Å². The van der Waals surface area contributed by atoms with Crippen molar-refractivity contribution < 1.29 is 37.6 Å². The van der Waals surface area contributed by atoms with Crippen LogP contribution >= 0.6 is 0 Å². The van der Waals surface area contributed by atoms with E-state index in [1.807, 2.05) is 20.8 Å². The highest BCUT2D eigenvalue weighted by atomic mass is 28.4. The summed E-state index contributed by atoms with van der Waals surface area (Å²) in [4.78, 5) is 13.3. The molecular formula is C21H45NO8Si. The number of nitrogens with zero attached hydrogens (tertiary/aromatic N) is 1. The number of hydrogen-bond donors (Lipinski definition) is 0. The normalized spacial score (nSPS) is 12.2. The number of likely N-dealkylation sites (N-methyl/N-ethyl adjacent to an activating group) is 1. The van der Waals surface area contributed by atoms with E-state index in [4.69, 9.17) is 32.8 Å². The number of amides is 1. The molecule has 0 aromatic carbocycles. The molecule has 0 rings (SSSR count). The first-order valence-corrected chi connectivity index (χ1v) is 14.4. The first-order valence-electron chi connectivity index (χ1n) is 11.0. The molecule has 0 aliphatic carbocycles. The second-order valence-electron chi connectivity index (χ2n) is 8.92. The second kappa shape index (κ2) is 17.8. The molecule has 0 aromatic heterocycles. The molecule has 0 saturated carbocycles. The Morgan fingerprint density at radius 1 is 0.677 bits per heavy atom. The average molecular weight is 468 g/mol. The van der Waals surface area contributed by atoms with Crippen molar-refractivity contribution in [2.75, 3.05) is 86.3 Å². The van der Waals surface area contributed by atoms with Crippen LogP contribution in [0.3, 0.4) is 0 Å². The Balaban J connectivity index is 3.26. The van der Waals surface area contributed by atoms with Gasteiger partial charge >= 0.3 is 6.09 Å². The average Bonchev–Trinajstić information content (AvgIpc) is 2.64. The van der Waals surface area contributed by atoms with Gasteiger partial charge in [-0.15, -0.1) is 0 Å². The molecule has 0 atom stereocenters. The third-order valence-electron chi connectivity index (χ3n) is 3.53. The lowest BCUT2D eigenvalue weighted by Gasteiger charge is -2.24. The molecule has 1 amide bonds. The summed E-state index contributed by atoms with van der Waals surface area (Å²) in [6.07, 6.45) is -0.354. The molecule has 0 radical (unpaired) electrons. The zero-order valence-electron chi connectivity index (χ0n) is 20.7. The van der Waals surface area contributed by atoms with Crippen LogP contribution in [0.1, 0.15) is 20.8 Å². The zero-order valence-corrected chi connectivity index (χ0v) is 21.7. The van der Waals surface area contributed by atoms with Crippen LogP contribution in [0.15, 0.2) is 0 Å². The van der Waals surface area contributed by atoms with Crippen LogP contribution in [-0.4, -0.2) is 111 Å². The molecule has 10 heteroatoms. The summed E-state index contributed by atoms with van der Waals surface area (Å²) < 4.78 is 38.2. The van der Waals surface area contributed by atoms with E-state index in [2.05, 4.69) is 19.6 Å². The van der Waals surface area contributed by atoms with E-state index in [0.717, 1.165) is 0 Å². The standard InChI is InChI=1S/C21H45NO8Si/c1-21(2,3)30-20(23)22(4)8-9-24-10-11-25-12-13-26-14-15-27-16-17-28-18-19-29-31(5,6)7/h8-19H2,1-7H3. The molecule has 0 N–H and O–H groups in total. The van der Waals surface area contributed by atoms with Gasteiger partial charge in [0.15, 0.2) is 8.32 Å². The molecule has 0 saturated heterocycles. The molecule has 0 aliphatic rings. The number of hydrogen-bond acceptors (Lipinski definition) is 8. The summed E-state index contributed by atoms with van der Waals surface area (Å²) in [6, 6.07) is 0. The smallest absolute Gasteiger partial charge is 0.410 e. The Morgan fingerprint density at radius 2 is 1.03 bits per heavy atom. The molecule has 0 spiro atoms. The highest BCUT2D eigenvalue weighted by Crippen LogP contribution is 2.08. The maximum atomic E-state index is 11.8. The fourth-order valence-electron chi connectivity index (χ4n) is 2.02. The molecule has 31 heavy (non-hydrogen) atoms. The number of carbonyl (C=O) groups excluding carboxylic acids is 1. The molecule has 9 nitrogen and oxygen atoms in total. The van der Waals surface area contributed by atoms with Gasteiger partial charge in [-0.05, 0) is 40.4 Å². The summed E-state index contributed by atoms with van der Waals surface area (Å²) in [5, 5.41) is 0. The fourth-order valence-corrected chi connectivity index (χ4v) is 2.72. The highest BCUT2D eigenvalue weighted by molar-refractivity contribution is 6.69. The quantitative estimate of drug-likeness (QED) is 0.212. The van der Waals surface area contributed by atoms with Gasteiger partial charge in [0, 0.05) is 13.6 Å². The molecule has 0 aromatic rings. The van der Waals surface area contributed by atoms with Crippen molar-refractivity contribution in [3.8, 4) is 0 Å². The lowest BCUT2D eigenvalue weighted by molar-refractivity contribution is -0.0145. The Kier molecular flexibility index (Phi) is 17.3. The van der Waals surface area contributed by atoms with Crippen molar-refractivity contribution >= 4 is 14.4 Å². The summed E-state index contributed by atoms with van der Waals surface area (Å²) in [5.41, 5.74) is -0.495. The maximum absolute atomic E-state index is 11.8. The van der Waals surface area contributed by atoms with Gasteiger partial charge in [-0.25, -0.2) is 4.79 Å². The van der Waals surface area contributed by atoms with E-state index in [0.29, 0.717) is 79.2 Å². The SMILES string of the molecule is CN(CCOCCOCCOCCOCCOCCO[Si](C)(C)C)C(=O)OC(C)(C)C. The number of carbonyl (C=O) groups is 1.